The van der Waals surface area contributed by atoms with E-state index in [1.165, 1.54) is 18.3 Å². The van der Waals surface area contributed by atoms with Gasteiger partial charge in [0.05, 0.1) is 5.69 Å². The van der Waals surface area contributed by atoms with E-state index in [1.54, 1.807) is 18.5 Å². The summed E-state index contributed by atoms with van der Waals surface area (Å²) in [4.78, 5) is 3.89. The number of sulfonamides is 1. The first-order valence-electron chi connectivity index (χ1n) is 5.37. The fraction of sp³-hybridized carbons (Fsp3) is 0.182. The van der Waals surface area contributed by atoms with Crippen molar-refractivity contribution >= 4 is 21.4 Å². The standard InChI is InChI=1S/C11H13FN4O2S/c1-7-14-11(6-16(7)2)19(17,18)15-10-5-8(13)3-4-9(10)12/h3-6,15H,13H2,1-2H3. The van der Waals surface area contributed by atoms with E-state index in [2.05, 4.69) is 9.71 Å². The Labute approximate surface area is 110 Å². The number of aromatic nitrogens is 2. The number of nitrogens with one attached hydrogen (secondary N) is 1. The number of nitrogens with zero attached hydrogens (tertiary/aromatic N) is 2. The molecule has 102 valence electrons. The fourth-order valence-corrected chi connectivity index (χ4v) is 2.57. The molecule has 6 nitrogen and oxygen atoms in total. The predicted molar refractivity (Wildman–Crippen MR) is 69.6 cm³/mol. The quantitative estimate of drug-likeness (QED) is 0.830. The number of nitrogens with two attached hydrogens (primary N) is 1. The summed E-state index contributed by atoms with van der Waals surface area (Å²) in [5.41, 5.74) is 5.55. The van der Waals surface area contributed by atoms with Gasteiger partial charge >= 0.3 is 0 Å². The highest BCUT2D eigenvalue weighted by molar-refractivity contribution is 7.92. The van der Waals surface area contributed by atoms with Crippen LogP contribution in [0, 0.1) is 12.7 Å². The number of aryl methyl sites for hydroxylation is 2. The van der Waals surface area contributed by atoms with Gasteiger partial charge in [-0.3, -0.25) is 4.72 Å². The molecule has 0 spiro atoms. The van der Waals surface area contributed by atoms with Gasteiger partial charge in [0.25, 0.3) is 10.0 Å². The molecule has 0 aliphatic carbocycles. The van der Waals surface area contributed by atoms with Gasteiger partial charge in [0.2, 0.25) is 0 Å². The largest absolute Gasteiger partial charge is 0.399 e. The van der Waals surface area contributed by atoms with E-state index in [9.17, 15) is 12.8 Å². The maximum atomic E-state index is 13.5. The molecule has 0 unspecified atom stereocenters. The Morgan fingerprint density at radius 2 is 2.11 bits per heavy atom. The summed E-state index contributed by atoms with van der Waals surface area (Å²) in [5, 5.41) is -0.172. The van der Waals surface area contributed by atoms with Crippen LogP contribution in [-0.4, -0.2) is 18.0 Å². The summed E-state index contributed by atoms with van der Waals surface area (Å²) in [7, 11) is -2.26. The van der Waals surface area contributed by atoms with E-state index >= 15 is 0 Å². The minimum Gasteiger partial charge on any atom is -0.399 e. The summed E-state index contributed by atoms with van der Waals surface area (Å²) in [5.74, 6) is -0.168. The molecule has 1 aromatic carbocycles. The van der Waals surface area contributed by atoms with Crippen molar-refractivity contribution in [2.24, 2.45) is 7.05 Å². The molecule has 0 saturated carbocycles. The van der Waals surface area contributed by atoms with E-state index in [4.69, 9.17) is 5.73 Å². The lowest BCUT2D eigenvalue weighted by Crippen LogP contribution is -2.14. The van der Waals surface area contributed by atoms with Gasteiger partial charge in [0.15, 0.2) is 5.03 Å². The molecule has 0 radical (unpaired) electrons. The van der Waals surface area contributed by atoms with Crippen molar-refractivity contribution in [2.75, 3.05) is 10.5 Å². The van der Waals surface area contributed by atoms with Crippen molar-refractivity contribution in [3.63, 3.8) is 0 Å². The lowest BCUT2D eigenvalue weighted by molar-refractivity contribution is 0.595. The van der Waals surface area contributed by atoms with Gasteiger partial charge in [-0.1, -0.05) is 0 Å². The van der Waals surface area contributed by atoms with Gasteiger partial charge in [-0.2, -0.15) is 8.42 Å². The van der Waals surface area contributed by atoms with Crippen LogP contribution in [-0.2, 0) is 17.1 Å². The van der Waals surface area contributed by atoms with Gasteiger partial charge in [-0.05, 0) is 25.1 Å². The van der Waals surface area contributed by atoms with Crippen LogP contribution in [0.5, 0.6) is 0 Å². The van der Waals surface area contributed by atoms with E-state index < -0.39 is 15.8 Å². The third-order valence-electron chi connectivity index (χ3n) is 2.60. The molecule has 3 N–H and O–H groups in total. The summed E-state index contributed by atoms with van der Waals surface area (Å²) in [6.07, 6.45) is 1.35. The van der Waals surface area contributed by atoms with Gasteiger partial charge in [0.1, 0.15) is 11.6 Å². The molecule has 0 aliphatic heterocycles. The molecule has 1 heterocycles. The Hall–Kier alpha value is -2.09. The molecule has 0 atom stereocenters. The molecular formula is C11H13FN4O2S. The third kappa shape index (κ3) is 2.68. The normalized spacial score (nSPS) is 11.5. The van der Waals surface area contributed by atoms with Crippen LogP contribution in [0.4, 0.5) is 15.8 Å². The van der Waals surface area contributed by atoms with Crippen molar-refractivity contribution in [2.45, 2.75) is 11.9 Å². The maximum absolute atomic E-state index is 13.5. The van der Waals surface area contributed by atoms with E-state index in [0.717, 1.165) is 6.07 Å². The smallest absolute Gasteiger partial charge is 0.281 e. The van der Waals surface area contributed by atoms with E-state index in [0.29, 0.717) is 5.82 Å². The van der Waals surface area contributed by atoms with Crippen LogP contribution in [0.15, 0.2) is 29.4 Å². The van der Waals surface area contributed by atoms with Crippen molar-refractivity contribution < 1.29 is 12.8 Å². The summed E-state index contributed by atoms with van der Waals surface area (Å²) < 4.78 is 41.2. The summed E-state index contributed by atoms with van der Waals surface area (Å²) in [6.45, 7) is 1.67. The second kappa shape index (κ2) is 4.54. The van der Waals surface area contributed by atoms with Gasteiger partial charge in [0, 0.05) is 18.9 Å². The SMILES string of the molecule is Cc1nc(S(=O)(=O)Nc2cc(N)ccc2F)cn1C. The fourth-order valence-electron chi connectivity index (χ4n) is 1.47. The number of imidazole rings is 1. The molecule has 0 fully saturated rings. The first-order valence-corrected chi connectivity index (χ1v) is 6.86. The van der Waals surface area contributed by atoms with E-state index in [-0.39, 0.29) is 16.4 Å². The third-order valence-corrected chi connectivity index (χ3v) is 3.83. The molecular weight excluding hydrogens is 271 g/mol. The lowest BCUT2D eigenvalue weighted by atomic mass is 10.3. The number of hydrogen-bond acceptors (Lipinski definition) is 4. The zero-order valence-electron chi connectivity index (χ0n) is 10.4. The number of benzene rings is 1. The highest BCUT2D eigenvalue weighted by Gasteiger charge is 2.20. The van der Waals surface area contributed by atoms with Gasteiger partial charge < -0.3 is 10.3 Å². The van der Waals surface area contributed by atoms with Crippen LogP contribution in [0.3, 0.4) is 0 Å². The molecule has 8 heteroatoms. The molecule has 19 heavy (non-hydrogen) atoms. The molecule has 0 aliphatic rings. The molecule has 0 amide bonds. The Morgan fingerprint density at radius 1 is 1.42 bits per heavy atom. The highest BCUT2D eigenvalue weighted by Crippen LogP contribution is 2.21. The predicted octanol–water partition coefficient (Wildman–Crippen LogP) is 1.25. The summed E-state index contributed by atoms with van der Waals surface area (Å²) in [6, 6.07) is 3.65. The molecule has 0 bridgehead atoms. The maximum Gasteiger partial charge on any atom is 0.281 e. The first-order chi connectivity index (χ1) is 8.79. The molecule has 2 rings (SSSR count). The van der Waals surface area contributed by atoms with Crippen LogP contribution in [0.1, 0.15) is 5.82 Å². The number of rotatable bonds is 3. The van der Waals surface area contributed by atoms with Gasteiger partial charge in [-0.25, -0.2) is 9.37 Å². The second-order valence-corrected chi connectivity index (χ2v) is 5.71. The van der Waals surface area contributed by atoms with Crippen LogP contribution in [0.25, 0.3) is 0 Å². The number of hydrogen-bond donors (Lipinski definition) is 2. The minimum atomic E-state index is -3.93. The highest BCUT2D eigenvalue weighted by atomic mass is 32.2. The zero-order chi connectivity index (χ0) is 14.2. The summed E-state index contributed by atoms with van der Waals surface area (Å²) >= 11 is 0. The van der Waals surface area contributed by atoms with Crippen molar-refractivity contribution in [3.8, 4) is 0 Å². The minimum absolute atomic E-state index is 0.172. The number of halogens is 1. The topological polar surface area (TPSA) is 90.0 Å². The Bertz CT molecular complexity index is 705. The average molecular weight is 284 g/mol. The first kappa shape index (κ1) is 13.3. The van der Waals surface area contributed by atoms with Crippen molar-refractivity contribution in [1.82, 2.24) is 9.55 Å². The Balaban J connectivity index is 2.39. The molecule has 2 aromatic rings. The molecule has 1 aromatic heterocycles. The lowest BCUT2D eigenvalue weighted by Gasteiger charge is -2.07. The van der Waals surface area contributed by atoms with Crippen molar-refractivity contribution in [1.29, 1.82) is 0 Å². The van der Waals surface area contributed by atoms with Crippen LogP contribution < -0.4 is 10.5 Å². The van der Waals surface area contributed by atoms with Gasteiger partial charge in [-0.15, -0.1) is 0 Å². The second-order valence-electron chi connectivity index (χ2n) is 4.08. The number of nitrogen functional groups attached to an aromatic ring is 1. The van der Waals surface area contributed by atoms with Crippen LogP contribution in [0.2, 0.25) is 0 Å². The number of anilines is 2. The Morgan fingerprint density at radius 3 is 2.68 bits per heavy atom. The molecule has 0 saturated heterocycles. The Kier molecular flexibility index (Phi) is 3.19. The zero-order valence-corrected chi connectivity index (χ0v) is 11.2. The van der Waals surface area contributed by atoms with E-state index in [1.807, 2.05) is 0 Å². The van der Waals surface area contributed by atoms with Crippen LogP contribution >= 0.6 is 0 Å². The average Bonchev–Trinajstić information content (AvgIpc) is 2.65. The van der Waals surface area contributed by atoms with Crippen molar-refractivity contribution in [3.05, 3.63) is 36.0 Å². The monoisotopic (exact) mass is 284 g/mol.